The molecule has 19 heavy (non-hydrogen) atoms. The smallest absolute Gasteiger partial charge is 0.134 e. The molecule has 2 heterocycles. The maximum absolute atomic E-state index is 5.40. The molecule has 0 bridgehead atoms. The SMILES string of the molecule is COc1ccc(Br)cc1-c1ccnc(C2CNC2)n1. The lowest BCUT2D eigenvalue weighted by Crippen LogP contribution is -2.40. The van der Waals surface area contributed by atoms with Crippen molar-refractivity contribution in [1.82, 2.24) is 15.3 Å². The molecule has 3 rings (SSSR count). The maximum Gasteiger partial charge on any atom is 0.134 e. The first-order valence-corrected chi connectivity index (χ1v) is 6.95. The molecule has 1 fully saturated rings. The van der Waals surface area contributed by atoms with Crippen LogP contribution in [0.3, 0.4) is 0 Å². The fraction of sp³-hybridized carbons (Fsp3) is 0.286. The molecule has 0 unspecified atom stereocenters. The molecule has 0 spiro atoms. The Bertz CT molecular complexity index is 599. The van der Waals surface area contributed by atoms with Gasteiger partial charge in [0.25, 0.3) is 0 Å². The van der Waals surface area contributed by atoms with Crippen molar-refractivity contribution in [3.63, 3.8) is 0 Å². The predicted molar refractivity (Wildman–Crippen MR) is 77.3 cm³/mol. The van der Waals surface area contributed by atoms with Gasteiger partial charge in [-0.2, -0.15) is 0 Å². The van der Waals surface area contributed by atoms with Crippen molar-refractivity contribution >= 4 is 15.9 Å². The van der Waals surface area contributed by atoms with Crippen molar-refractivity contribution in [3.8, 4) is 17.0 Å². The van der Waals surface area contributed by atoms with E-state index in [9.17, 15) is 0 Å². The summed E-state index contributed by atoms with van der Waals surface area (Å²) in [6, 6.07) is 7.83. The Hall–Kier alpha value is -1.46. The zero-order valence-electron chi connectivity index (χ0n) is 10.6. The third kappa shape index (κ3) is 2.48. The van der Waals surface area contributed by atoms with Crippen LogP contribution in [0.4, 0.5) is 0 Å². The molecule has 0 radical (unpaired) electrons. The molecule has 4 nitrogen and oxygen atoms in total. The summed E-state index contributed by atoms with van der Waals surface area (Å²) in [5.74, 6) is 2.15. The van der Waals surface area contributed by atoms with Gasteiger partial charge in [-0.25, -0.2) is 9.97 Å². The quantitative estimate of drug-likeness (QED) is 0.944. The maximum atomic E-state index is 5.40. The summed E-state index contributed by atoms with van der Waals surface area (Å²) in [6.45, 7) is 1.91. The standard InChI is InChI=1S/C14H14BrN3O/c1-19-13-3-2-10(15)6-11(13)12-4-5-17-14(18-12)9-7-16-8-9/h2-6,9,16H,7-8H2,1H3. The molecule has 1 saturated heterocycles. The Morgan fingerprint density at radius 3 is 2.84 bits per heavy atom. The lowest BCUT2D eigenvalue weighted by molar-refractivity contribution is 0.415. The molecule has 1 aromatic carbocycles. The number of benzene rings is 1. The largest absolute Gasteiger partial charge is 0.496 e. The van der Waals surface area contributed by atoms with Crippen LogP contribution in [-0.4, -0.2) is 30.2 Å². The third-order valence-electron chi connectivity index (χ3n) is 3.26. The predicted octanol–water partition coefficient (Wildman–Crippen LogP) is 2.60. The number of nitrogens with zero attached hydrogens (tertiary/aromatic N) is 2. The summed E-state index contributed by atoms with van der Waals surface area (Å²) in [4.78, 5) is 9.02. The van der Waals surface area contributed by atoms with Gasteiger partial charge < -0.3 is 10.1 Å². The van der Waals surface area contributed by atoms with E-state index in [1.807, 2.05) is 30.5 Å². The number of hydrogen-bond donors (Lipinski definition) is 1. The molecule has 1 aliphatic heterocycles. The van der Waals surface area contributed by atoms with Gasteiger partial charge >= 0.3 is 0 Å². The normalized spacial score (nSPS) is 15.1. The topological polar surface area (TPSA) is 47.0 Å². The molecule has 0 saturated carbocycles. The second-order valence-corrected chi connectivity index (χ2v) is 5.42. The summed E-state index contributed by atoms with van der Waals surface area (Å²) in [5, 5.41) is 3.24. The van der Waals surface area contributed by atoms with Gasteiger partial charge in [0.05, 0.1) is 12.8 Å². The van der Waals surface area contributed by atoms with Crippen molar-refractivity contribution in [3.05, 3.63) is 40.8 Å². The number of nitrogens with one attached hydrogen (secondary N) is 1. The van der Waals surface area contributed by atoms with Crippen LogP contribution < -0.4 is 10.1 Å². The third-order valence-corrected chi connectivity index (χ3v) is 3.75. The summed E-state index contributed by atoms with van der Waals surface area (Å²) < 4.78 is 6.41. The van der Waals surface area contributed by atoms with Crippen LogP contribution in [-0.2, 0) is 0 Å². The van der Waals surface area contributed by atoms with Crippen LogP contribution in [0, 0.1) is 0 Å². The average Bonchev–Trinajstić information content (AvgIpc) is 2.37. The average molecular weight is 320 g/mol. The van der Waals surface area contributed by atoms with Gasteiger partial charge in [-0.05, 0) is 24.3 Å². The van der Waals surface area contributed by atoms with E-state index in [0.29, 0.717) is 5.92 Å². The van der Waals surface area contributed by atoms with Crippen LogP contribution in [0.1, 0.15) is 11.7 Å². The van der Waals surface area contributed by atoms with Crippen molar-refractivity contribution in [2.75, 3.05) is 20.2 Å². The van der Waals surface area contributed by atoms with Gasteiger partial charge in [-0.15, -0.1) is 0 Å². The molecule has 5 heteroatoms. The van der Waals surface area contributed by atoms with Crippen molar-refractivity contribution in [2.24, 2.45) is 0 Å². The van der Waals surface area contributed by atoms with E-state index in [4.69, 9.17) is 4.74 Å². The number of ether oxygens (including phenoxy) is 1. The first-order chi connectivity index (χ1) is 9.28. The number of methoxy groups -OCH3 is 1. The Morgan fingerprint density at radius 1 is 1.32 bits per heavy atom. The number of halogens is 1. The Kier molecular flexibility index (Phi) is 3.48. The van der Waals surface area contributed by atoms with Crippen molar-refractivity contribution in [2.45, 2.75) is 5.92 Å². The number of hydrogen-bond acceptors (Lipinski definition) is 4. The van der Waals surface area contributed by atoms with Crippen molar-refractivity contribution in [1.29, 1.82) is 0 Å². The lowest BCUT2D eigenvalue weighted by atomic mass is 10.0. The number of aromatic nitrogens is 2. The van der Waals surface area contributed by atoms with E-state index >= 15 is 0 Å². The minimum absolute atomic E-state index is 0.429. The van der Waals surface area contributed by atoms with Gasteiger partial charge in [0.2, 0.25) is 0 Å². The van der Waals surface area contributed by atoms with Gasteiger partial charge in [-0.3, -0.25) is 0 Å². The first-order valence-electron chi connectivity index (χ1n) is 6.15. The van der Waals surface area contributed by atoms with E-state index < -0.39 is 0 Å². The van der Waals surface area contributed by atoms with Crippen LogP contribution in [0.5, 0.6) is 5.75 Å². The zero-order valence-corrected chi connectivity index (χ0v) is 12.1. The first kappa shape index (κ1) is 12.6. The van der Waals surface area contributed by atoms with Crippen molar-refractivity contribution < 1.29 is 4.74 Å². The van der Waals surface area contributed by atoms with Gasteiger partial charge in [0.15, 0.2) is 0 Å². The Balaban J connectivity index is 2.03. The highest BCUT2D eigenvalue weighted by Gasteiger charge is 2.22. The molecular weight excluding hydrogens is 306 g/mol. The highest BCUT2D eigenvalue weighted by atomic mass is 79.9. The molecule has 0 atom stereocenters. The van der Waals surface area contributed by atoms with E-state index in [1.165, 1.54) is 0 Å². The lowest BCUT2D eigenvalue weighted by Gasteiger charge is -2.25. The molecule has 2 aromatic rings. The van der Waals surface area contributed by atoms with E-state index in [2.05, 4.69) is 31.2 Å². The van der Waals surface area contributed by atoms with Crippen LogP contribution in [0.15, 0.2) is 34.9 Å². The van der Waals surface area contributed by atoms with Gasteiger partial charge in [-0.1, -0.05) is 15.9 Å². The fourth-order valence-corrected chi connectivity index (χ4v) is 2.43. The van der Waals surface area contributed by atoms with Crippen LogP contribution >= 0.6 is 15.9 Å². The van der Waals surface area contributed by atoms with E-state index in [-0.39, 0.29) is 0 Å². The Labute approximate surface area is 120 Å². The molecule has 1 aromatic heterocycles. The number of rotatable bonds is 3. The summed E-state index contributed by atoms with van der Waals surface area (Å²) in [6.07, 6.45) is 1.82. The monoisotopic (exact) mass is 319 g/mol. The second-order valence-electron chi connectivity index (χ2n) is 4.50. The van der Waals surface area contributed by atoms with Crippen LogP contribution in [0.25, 0.3) is 11.3 Å². The second kappa shape index (κ2) is 5.27. The minimum atomic E-state index is 0.429. The van der Waals surface area contributed by atoms with Gasteiger partial charge in [0, 0.05) is 35.2 Å². The molecular formula is C14H14BrN3O. The highest BCUT2D eigenvalue weighted by Crippen LogP contribution is 2.32. The van der Waals surface area contributed by atoms with E-state index in [1.54, 1.807) is 7.11 Å². The zero-order chi connectivity index (χ0) is 13.2. The molecule has 0 aliphatic carbocycles. The fourth-order valence-electron chi connectivity index (χ4n) is 2.07. The molecule has 0 amide bonds. The molecule has 1 aliphatic rings. The summed E-state index contributed by atoms with van der Waals surface area (Å²) in [5.41, 5.74) is 1.88. The highest BCUT2D eigenvalue weighted by molar-refractivity contribution is 9.10. The summed E-state index contributed by atoms with van der Waals surface area (Å²) in [7, 11) is 1.67. The summed E-state index contributed by atoms with van der Waals surface area (Å²) >= 11 is 3.49. The van der Waals surface area contributed by atoms with Crippen LogP contribution in [0.2, 0.25) is 0 Å². The minimum Gasteiger partial charge on any atom is -0.496 e. The molecule has 1 N–H and O–H groups in total. The Morgan fingerprint density at radius 2 is 2.16 bits per heavy atom. The van der Waals surface area contributed by atoms with E-state index in [0.717, 1.165) is 40.4 Å². The molecule has 98 valence electrons. The van der Waals surface area contributed by atoms with Gasteiger partial charge in [0.1, 0.15) is 11.6 Å².